The molecule has 20 heteroatoms. The fourth-order valence-electron chi connectivity index (χ4n) is 6.67. The van der Waals surface area contributed by atoms with Gasteiger partial charge in [0.1, 0.15) is 11.2 Å². The van der Waals surface area contributed by atoms with Crippen LogP contribution in [0.3, 0.4) is 0 Å². The van der Waals surface area contributed by atoms with E-state index in [2.05, 4.69) is 35.9 Å². The Hall–Kier alpha value is -5.01. The molecule has 0 aliphatic carbocycles. The summed E-state index contributed by atoms with van der Waals surface area (Å²) >= 11 is 3.32. The number of benzene rings is 2. The highest BCUT2D eigenvalue weighted by Crippen LogP contribution is 2.11. The van der Waals surface area contributed by atoms with Gasteiger partial charge in [0.25, 0.3) is 0 Å². The van der Waals surface area contributed by atoms with Crippen LogP contribution in [0, 0.1) is 11.3 Å². The molecule has 2 aliphatic heterocycles. The van der Waals surface area contributed by atoms with Crippen molar-refractivity contribution in [2.45, 2.75) is 72.5 Å². The van der Waals surface area contributed by atoms with Crippen molar-refractivity contribution in [2.24, 2.45) is 0 Å². The van der Waals surface area contributed by atoms with Crippen LogP contribution in [-0.4, -0.2) is 209 Å². The SMILES string of the molecule is CC#N.CC(C)(C)OC(=O)CN1CCNCCN(CC(=O)OC(C)(C)C)CC1.O=C(O)CN1CCN(CCc2ccc(C(=O)O)cc2)CCN(CC(=O)O)CC1.O=C(O)c1ccc(CCBr)cc1. The maximum absolute atomic E-state index is 12.1. The monoisotopic (exact) mass is 1020 g/mol. The highest BCUT2D eigenvalue weighted by atomic mass is 79.9. The number of nitrogens with zero attached hydrogens (tertiary/aromatic N) is 6. The summed E-state index contributed by atoms with van der Waals surface area (Å²) in [7, 11) is 0. The van der Waals surface area contributed by atoms with E-state index >= 15 is 0 Å². The predicted molar refractivity (Wildman–Crippen MR) is 261 cm³/mol. The third-order valence-corrected chi connectivity index (χ3v) is 10.3. The van der Waals surface area contributed by atoms with Crippen molar-refractivity contribution in [2.75, 3.05) is 117 Å². The first-order valence-electron chi connectivity index (χ1n) is 22.6. The lowest BCUT2D eigenvalue weighted by Gasteiger charge is -2.27. The smallest absolute Gasteiger partial charge is 0.335 e. The summed E-state index contributed by atoms with van der Waals surface area (Å²) in [6, 6.07) is 15.4. The summed E-state index contributed by atoms with van der Waals surface area (Å²) in [5.41, 5.74) is 1.81. The van der Waals surface area contributed by atoms with Gasteiger partial charge in [-0.1, -0.05) is 40.2 Å². The average molecular weight is 1020 g/mol. The molecule has 0 unspecified atom stereocenters. The number of aryl methyl sites for hydroxylation is 1. The zero-order chi connectivity index (χ0) is 51.3. The molecule has 0 amide bonds. The summed E-state index contributed by atoms with van der Waals surface area (Å²) in [4.78, 5) is 77.6. The van der Waals surface area contributed by atoms with Crippen LogP contribution in [0.4, 0.5) is 0 Å². The molecular weight excluding hydrogens is 946 g/mol. The van der Waals surface area contributed by atoms with Gasteiger partial charge in [0, 0.05) is 97.3 Å². The first kappa shape index (κ1) is 61.0. The van der Waals surface area contributed by atoms with Gasteiger partial charge in [-0.15, -0.1) is 0 Å². The maximum Gasteiger partial charge on any atom is 0.335 e. The third kappa shape index (κ3) is 30.4. The van der Waals surface area contributed by atoms with E-state index < -0.39 is 35.1 Å². The minimum absolute atomic E-state index is 0.0641. The van der Waals surface area contributed by atoms with Gasteiger partial charge in [-0.05, 0) is 89.8 Å². The number of carboxylic acids is 4. The summed E-state index contributed by atoms with van der Waals surface area (Å²) in [5, 5.41) is 47.3. The molecule has 2 aromatic carbocycles. The van der Waals surface area contributed by atoms with E-state index in [1.54, 1.807) is 42.5 Å². The Balaban J connectivity index is 0.000000527. The van der Waals surface area contributed by atoms with Gasteiger partial charge in [-0.25, -0.2) is 9.59 Å². The molecule has 2 fully saturated rings. The van der Waals surface area contributed by atoms with Crippen molar-refractivity contribution < 1.29 is 58.7 Å². The van der Waals surface area contributed by atoms with Crippen molar-refractivity contribution in [1.82, 2.24) is 29.8 Å². The lowest BCUT2D eigenvalue weighted by Crippen LogP contribution is -2.42. The van der Waals surface area contributed by atoms with Crippen molar-refractivity contribution >= 4 is 51.7 Å². The fraction of sp³-hybridized carbons (Fsp3) is 0.604. The molecule has 0 saturated carbocycles. The molecule has 0 aromatic heterocycles. The van der Waals surface area contributed by atoms with Crippen molar-refractivity contribution in [1.29, 1.82) is 5.26 Å². The van der Waals surface area contributed by atoms with Crippen LogP contribution in [0.2, 0.25) is 0 Å². The van der Waals surface area contributed by atoms with Gasteiger partial charge in [0.2, 0.25) is 0 Å². The normalized spacial score (nSPS) is 15.9. The highest BCUT2D eigenvalue weighted by Gasteiger charge is 2.23. The van der Waals surface area contributed by atoms with E-state index in [0.29, 0.717) is 57.9 Å². The molecule has 2 aromatic rings. The standard InChI is InChI=1S/C19H27N3O6.C18H35N3O4.C9H9BrO2.C2H3N/c23-17(24)13-21-9-7-20(8-10-22(12-11-21)14-18(25)26)6-5-15-1-3-16(4-2-15)19(27)28;1-17(2,3)24-15(22)13-20-9-7-19-8-10-21(12-11-20)14-16(23)25-18(4,5)6;10-6-5-7-1-3-8(4-2-7)9(11)12;1-2-3/h1-4H,5-14H2,(H,23,24)(H,25,26)(H,27,28);19H,7-14H2,1-6H3;1-4H,5-6H2,(H,11,12);1H3. The van der Waals surface area contributed by atoms with Gasteiger partial charge in [-0.2, -0.15) is 5.26 Å². The summed E-state index contributed by atoms with van der Waals surface area (Å²) < 4.78 is 10.8. The molecule has 0 spiro atoms. The Bertz CT molecular complexity index is 1820. The fourth-order valence-corrected chi connectivity index (χ4v) is 7.12. The molecule has 0 atom stereocenters. The molecule has 380 valence electrons. The summed E-state index contributed by atoms with van der Waals surface area (Å²) in [6.07, 6.45) is 1.66. The van der Waals surface area contributed by atoms with Gasteiger partial charge < -0.3 is 40.1 Å². The lowest BCUT2D eigenvalue weighted by molar-refractivity contribution is -0.158. The van der Waals surface area contributed by atoms with Crippen molar-refractivity contribution in [3.05, 3.63) is 70.8 Å². The molecule has 19 nitrogen and oxygen atoms in total. The number of alkyl halides is 1. The van der Waals surface area contributed by atoms with E-state index in [-0.39, 0.29) is 43.7 Å². The lowest BCUT2D eigenvalue weighted by atomic mass is 10.1. The van der Waals surface area contributed by atoms with Crippen LogP contribution in [0.15, 0.2) is 48.5 Å². The maximum atomic E-state index is 12.1. The first-order chi connectivity index (χ1) is 31.9. The second kappa shape index (κ2) is 32.7. The van der Waals surface area contributed by atoms with E-state index in [1.165, 1.54) is 6.92 Å². The van der Waals surface area contributed by atoms with E-state index in [9.17, 15) is 28.8 Å². The Morgan fingerprint density at radius 3 is 1.16 bits per heavy atom. The summed E-state index contributed by atoms with van der Waals surface area (Å²) in [6.45, 7) is 22.0. The number of carbonyl (C=O) groups is 6. The van der Waals surface area contributed by atoms with Crippen LogP contribution >= 0.6 is 15.9 Å². The Kier molecular flexibility index (Phi) is 29.3. The molecule has 5 N–H and O–H groups in total. The van der Waals surface area contributed by atoms with E-state index in [4.69, 9.17) is 35.2 Å². The number of nitriles is 1. The molecule has 0 radical (unpaired) electrons. The molecule has 2 saturated heterocycles. The Morgan fingerprint density at radius 1 is 0.559 bits per heavy atom. The van der Waals surface area contributed by atoms with Crippen LogP contribution in [0.1, 0.15) is 80.3 Å². The molecule has 4 rings (SSSR count). The van der Waals surface area contributed by atoms with Crippen LogP contribution in [0.5, 0.6) is 0 Å². The number of ether oxygens (including phenoxy) is 2. The first-order valence-corrected chi connectivity index (χ1v) is 23.8. The van der Waals surface area contributed by atoms with Gasteiger partial charge in [0.15, 0.2) is 0 Å². The van der Waals surface area contributed by atoms with Crippen LogP contribution in [0.25, 0.3) is 0 Å². The predicted octanol–water partition coefficient (Wildman–Crippen LogP) is 3.75. The number of nitrogens with one attached hydrogen (secondary N) is 1. The number of aromatic carboxylic acids is 2. The van der Waals surface area contributed by atoms with Crippen LogP contribution < -0.4 is 5.32 Å². The van der Waals surface area contributed by atoms with Crippen LogP contribution in [-0.2, 0) is 41.5 Å². The number of aliphatic carboxylic acids is 2. The van der Waals surface area contributed by atoms with E-state index in [1.807, 2.05) is 63.5 Å². The van der Waals surface area contributed by atoms with E-state index in [0.717, 1.165) is 62.0 Å². The Morgan fingerprint density at radius 2 is 0.868 bits per heavy atom. The number of carboxylic acid groups (broad SMARTS) is 4. The third-order valence-electron chi connectivity index (χ3n) is 9.90. The van der Waals surface area contributed by atoms with Crippen molar-refractivity contribution in [3.63, 3.8) is 0 Å². The summed E-state index contributed by atoms with van der Waals surface area (Å²) in [5.74, 6) is -4.05. The molecule has 2 heterocycles. The topological polar surface area (TPSA) is 254 Å². The molecule has 2 aliphatic rings. The average Bonchev–Trinajstić information content (AvgIpc) is 3.39. The minimum atomic E-state index is -0.955. The number of esters is 2. The van der Waals surface area contributed by atoms with Gasteiger partial charge in [0.05, 0.1) is 43.4 Å². The number of hydrogen-bond donors (Lipinski definition) is 5. The van der Waals surface area contributed by atoms with Gasteiger partial charge >= 0.3 is 35.8 Å². The molecule has 68 heavy (non-hydrogen) atoms. The largest absolute Gasteiger partial charge is 0.480 e. The number of hydrogen-bond acceptors (Lipinski definition) is 15. The number of carbonyl (C=O) groups excluding carboxylic acids is 2. The second-order valence-electron chi connectivity index (χ2n) is 18.1. The minimum Gasteiger partial charge on any atom is -0.480 e. The number of halogens is 1. The second-order valence-corrected chi connectivity index (χ2v) is 18.9. The zero-order valence-corrected chi connectivity index (χ0v) is 42.5. The van der Waals surface area contributed by atoms with Gasteiger partial charge in [-0.3, -0.25) is 38.8 Å². The number of rotatable bonds is 15. The van der Waals surface area contributed by atoms with Crippen molar-refractivity contribution in [3.8, 4) is 6.07 Å². The molecule has 0 bridgehead atoms. The Labute approximate surface area is 410 Å². The zero-order valence-electron chi connectivity index (χ0n) is 40.9. The quantitative estimate of drug-likeness (QED) is 0.126. The molecular formula is C48H74BrN7O12. The highest BCUT2D eigenvalue weighted by molar-refractivity contribution is 9.09.